The Morgan fingerprint density at radius 2 is 1.32 bits per heavy atom. The molecule has 0 radical (unpaired) electrons. The minimum atomic E-state index is 0.597. The first kappa shape index (κ1) is 10.3. The van der Waals surface area contributed by atoms with Crippen molar-refractivity contribution in [3.63, 3.8) is 0 Å². The van der Waals surface area contributed by atoms with Gasteiger partial charge in [0.25, 0.3) is 0 Å². The summed E-state index contributed by atoms with van der Waals surface area (Å²) in [5.74, 6) is 0.597. The van der Waals surface area contributed by atoms with Crippen molar-refractivity contribution in [3.8, 4) is 0 Å². The van der Waals surface area contributed by atoms with E-state index < -0.39 is 0 Å². The van der Waals surface area contributed by atoms with Crippen molar-refractivity contribution in [3.05, 3.63) is 60.7 Å². The van der Waals surface area contributed by atoms with Crippen LogP contribution in [0.4, 0.5) is 5.82 Å². The number of rotatable bonds is 0. The smallest absolute Gasteiger partial charge is 0.132 e. The summed E-state index contributed by atoms with van der Waals surface area (Å²) in [7, 11) is 0. The highest BCUT2D eigenvalue weighted by molar-refractivity contribution is 6.17. The molecule has 0 fully saturated rings. The molecule has 2 N–H and O–H groups in total. The second kappa shape index (κ2) is 3.69. The fourth-order valence-electron chi connectivity index (χ4n) is 2.71. The van der Waals surface area contributed by atoms with Crippen LogP contribution in [-0.4, -0.2) is 4.98 Å². The fraction of sp³-hybridized carbons (Fsp3) is 0. The van der Waals surface area contributed by atoms with E-state index in [0.29, 0.717) is 5.82 Å². The van der Waals surface area contributed by atoms with Gasteiger partial charge in [0.15, 0.2) is 0 Å². The SMILES string of the molecule is Nc1nc2c3ccccc3ccc2c2ccccc12. The minimum Gasteiger partial charge on any atom is -0.383 e. The van der Waals surface area contributed by atoms with E-state index in [9.17, 15) is 0 Å². The molecule has 19 heavy (non-hydrogen) atoms. The van der Waals surface area contributed by atoms with Gasteiger partial charge >= 0.3 is 0 Å². The van der Waals surface area contributed by atoms with Gasteiger partial charge in [0.2, 0.25) is 0 Å². The molecule has 0 spiro atoms. The summed E-state index contributed by atoms with van der Waals surface area (Å²) in [6.45, 7) is 0. The molecular weight excluding hydrogens is 232 g/mol. The second-order valence-corrected chi connectivity index (χ2v) is 4.73. The van der Waals surface area contributed by atoms with E-state index in [4.69, 9.17) is 5.73 Å². The molecule has 1 heterocycles. The van der Waals surface area contributed by atoms with Crippen LogP contribution in [-0.2, 0) is 0 Å². The quantitative estimate of drug-likeness (QED) is 0.472. The lowest BCUT2D eigenvalue weighted by Gasteiger charge is -2.08. The van der Waals surface area contributed by atoms with Crippen LogP contribution in [0, 0.1) is 0 Å². The molecule has 0 saturated carbocycles. The molecular formula is C17H12N2. The predicted molar refractivity (Wildman–Crippen MR) is 81.2 cm³/mol. The maximum atomic E-state index is 6.10. The maximum Gasteiger partial charge on any atom is 0.132 e. The predicted octanol–water partition coefficient (Wildman–Crippen LogP) is 4.12. The fourth-order valence-corrected chi connectivity index (χ4v) is 2.71. The first-order chi connectivity index (χ1) is 9.34. The van der Waals surface area contributed by atoms with Gasteiger partial charge in [-0.05, 0) is 10.8 Å². The molecule has 4 rings (SSSR count). The molecule has 2 heteroatoms. The Kier molecular flexibility index (Phi) is 2.00. The highest BCUT2D eigenvalue weighted by atomic mass is 14.8. The molecule has 0 aliphatic carbocycles. The molecule has 3 aromatic carbocycles. The van der Waals surface area contributed by atoms with Gasteiger partial charge in [-0.1, -0.05) is 60.7 Å². The van der Waals surface area contributed by atoms with Gasteiger partial charge in [-0.2, -0.15) is 0 Å². The molecule has 2 nitrogen and oxygen atoms in total. The molecule has 0 aliphatic rings. The lowest BCUT2D eigenvalue weighted by atomic mass is 10.0. The number of nitrogen functional groups attached to an aromatic ring is 1. The third-order valence-electron chi connectivity index (χ3n) is 3.63. The van der Waals surface area contributed by atoms with Gasteiger partial charge in [0.05, 0.1) is 5.52 Å². The van der Waals surface area contributed by atoms with E-state index in [0.717, 1.165) is 27.1 Å². The number of pyridine rings is 1. The Morgan fingerprint density at radius 1 is 0.632 bits per heavy atom. The van der Waals surface area contributed by atoms with Crippen LogP contribution in [0.5, 0.6) is 0 Å². The average molecular weight is 244 g/mol. The van der Waals surface area contributed by atoms with E-state index in [-0.39, 0.29) is 0 Å². The van der Waals surface area contributed by atoms with Crippen molar-refractivity contribution < 1.29 is 0 Å². The highest BCUT2D eigenvalue weighted by Gasteiger charge is 2.08. The summed E-state index contributed by atoms with van der Waals surface area (Å²) in [5.41, 5.74) is 7.08. The Bertz CT molecular complexity index is 926. The van der Waals surface area contributed by atoms with Crippen LogP contribution in [0.1, 0.15) is 0 Å². The van der Waals surface area contributed by atoms with E-state index in [1.807, 2.05) is 30.3 Å². The zero-order valence-corrected chi connectivity index (χ0v) is 10.3. The first-order valence-corrected chi connectivity index (χ1v) is 6.30. The third-order valence-corrected chi connectivity index (χ3v) is 3.63. The number of fused-ring (bicyclic) bond motifs is 5. The van der Waals surface area contributed by atoms with E-state index in [1.165, 1.54) is 5.39 Å². The number of hydrogen-bond donors (Lipinski definition) is 1. The van der Waals surface area contributed by atoms with Gasteiger partial charge in [0, 0.05) is 16.2 Å². The van der Waals surface area contributed by atoms with Crippen LogP contribution >= 0.6 is 0 Å². The molecule has 0 bridgehead atoms. The first-order valence-electron chi connectivity index (χ1n) is 6.30. The Morgan fingerprint density at radius 3 is 2.16 bits per heavy atom. The minimum absolute atomic E-state index is 0.597. The lowest BCUT2D eigenvalue weighted by molar-refractivity contribution is 1.46. The molecule has 4 aromatic rings. The van der Waals surface area contributed by atoms with Crippen molar-refractivity contribution in [1.29, 1.82) is 0 Å². The normalized spacial score (nSPS) is 11.4. The summed E-state index contributed by atoms with van der Waals surface area (Å²) in [5, 5.41) is 5.68. The highest BCUT2D eigenvalue weighted by Crippen LogP contribution is 2.31. The number of hydrogen-bond acceptors (Lipinski definition) is 2. The second-order valence-electron chi connectivity index (χ2n) is 4.73. The average Bonchev–Trinajstić information content (AvgIpc) is 2.47. The van der Waals surface area contributed by atoms with Crippen molar-refractivity contribution in [2.45, 2.75) is 0 Å². The third kappa shape index (κ3) is 1.40. The zero-order chi connectivity index (χ0) is 12.8. The molecule has 0 amide bonds. The number of nitrogens with zero attached hydrogens (tertiary/aromatic N) is 1. The van der Waals surface area contributed by atoms with E-state index in [2.05, 4.69) is 35.3 Å². The van der Waals surface area contributed by atoms with Crippen molar-refractivity contribution in [2.75, 3.05) is 5.73 Å². The largest absolute Gasteiger partial charge is 0.383 e. The van der Waals surface area contributed by atoms with Crippen LogP contribution in [0.25, 0.3) is 32.4 Å². The Labute approximate surface area is 110 Å². The number of anilines is 1. The molecule has 0 aliphatic heterocycles. The molecule has 0 atom stereocenters. The van der Waals surface area contributed by atoms with Crippen molar-refractivity contribution in [2.24, 2.45) is 0 Å². The summed E-state index contributed by atoms with van der Waals surface area (Å²) >= 11 is 0. The standard InChI is InChI=1S/C17H12N2/c18-17-15-8-4-3-7-13(15)14-10-9-11-5-1-2-6-12(11)16(14)19-17/h1-10H,(H2,18,19). The van der Waals surface area contributed by atoms with Crippen molar-refractivity contribution in [1.82, 2.24) is 4.98 Å². The monoisotopic (exact) mass is 244 g/mol. The van der Waals surface area contributed by atoms with Gasteiger partial charge in [0.1, 0.15) is 5.82 Å². The lowest BCUT2D eigenvalue weighted by Crippen LogP contribution is -1.93. The van der Waals surface area contributed by atoms with Crippen LogP contribution in [0.3, 0.4) is 0 Å². The van der Waals surface area contributed by atoms with Gasteiger partial charge in [-0.25, -0.2) is 4.98 Å². The van der Waals surface area contributed by atoms with E-state index in [1.54, 1.807) is 0 Å². The summed E-state index contributed by atoms with van der Waals surface area (Å²) in [6, 6.07) is 20.7. The number of benzene rings is 3. The number of aromatic nitrogens is 1. The zero-order valence-electron chi connectivity index (χ0n) is 10.3. The number of nitrogens with two attached hydrogens (primary N) is 1. The molecule has 0 unspecified atom stereocenters. The van der Waals surface area contributed by atoms with Crippen LogP contribution < -0.4 is 5.73 Å². The molecule has 1 aromatic heterocycles. The Balaban J connectivity index is 2.34. The van der Waals surface area contributed by atoms with E-state index >= 15 is 0 Å². The summed E-state index contributed by atoms with van der Waals surface area (Å²) in [4.78, 5) is 4.61. The molecule has 0 saturated heterocycles. The van der Waals surface area contributed by atoms with Gasteiger partial charge in [-0.15, -0.1) is 0 Å². The maximum absolute atomic E-state index is 6.10. The van der Waals surface area contributed by atoms with Crippen LogP contribution in [0.2, 0.25) is 0 Å². The summed E-state index contributed by atoms with van der Waals surface area (Å²) in [6.07, 6.45) is 0. The van der Waals surface area contributed by atoms with Gasteiger partial charge < -0.3 is 5.73 Å². The van der Waals surface area contributed by atoms with Crippen LogP contribution in [0.15, 0.2) is 60.7 Å². The molecule has 90 valence electrons. The van der Waals surface area contributed by atoms with Crippen molar-refractivity contribution >= 4 is 38.3 Å². The topological polar surface area (TPSA) is 38.9 Å². The summed E-state index contributed by atoms with van der Waals surface area (Å²) < 4.78 is 0. The Hall–Kier alpha value is -2.61. The van der Waals surface area contributed by atoms with Gasteiger partial charge in [-0.3, -0.25) is 0 Å².